The number of primary amides is 1. The standard InChI is InChI=1S/C11H18N2O.C8H11N3O.C4H9NO/c1-12-5-4-9-6-10(13-2)8-11(7-9)14-3;1-3-6-5(2)10-4-7(11-6)8(9)12;1-4(3-6)5-2/h6-8,12-13H,4-5H2,1-3H3;4H,3H2,1-2H3,(H2,9,12);3-5H,1-2H3. The number of nitrogens with two attached hydrogens (primary N) is 1. The zero-order chi connectivity index (χ0) is 24.5. The summed E-state index contributed by atoms with van der Waals surface area (Å²) in [5, 5.41) is 8.99. The van der Waals surface area contributed by atoms with Crippen LogP contribution >= 0.6 is 0 Å². The van der Waals surface area contributed by atoms with Crippen LogP contribution in [0.25, 0.3) is 0 Å². The molecule has 0 saturated heterocycles. The predicted molar refractivity (Wildman–Crippen MR) is 129 cm³/mol. The van der Waals surface area contributed by atoms with Gasteiger partial charge in [-0.15, -0.1) is 0 Å². The molecule has 0 fully saturated rings. The third-order valence-electron chi connectivity index (χ3n) is 4.45. The van der Waals surface area contributed by atoms with Gasteiger partial charge in [0.2, 0.25) is 0 Å². The summed E-state index contributed by atoms with van der Waals surface area (Å²) >= 11 is 0. The molecule has 1 aromatic carbocycles. The Morgan fingerprint density at radius 2 is 1.94 bits per heavy atom. The van der Waals surface area contributed by atoms with Gasteiger partial charge in [0.05, 0.1) is 30.7 Å². The number of carbonyl (C=O) groups excluding carboxylic acids is 2. The summed E-state index contributed by atoms with van der Waals surface area (Å²) < 4.78 is 5.22. The molecule has 1 heterocycles. The van der Waals surface area contributed by atoms with Crippen molar-refractivity contribution in [3.8, 4) is 5.75 Å². The predicted octanol–water partition coefficient (Wildman–Crippen LogP) is 1.74. The number of benzene rings is 1. The van der Waals surface area contributed by atoms with Gasteiger partial charge in [-0.3, -0.25) is 9.78 Å². The maximum absolute atomic E-state index is 10.7. The van der Waals surface area contributed by atoms with Gasteiger partial charge in [-0.25, -0.2) is 4.98 Å². The average molecular weight is 447 g/mol. The van der Waals surface area contributed by atoms with E-state index in [1.165, 1.54) is 11.8 Å². The molecule has 178 valence electrons. The highest BCUT2D eigenvalue weighted by atomic mass is 16.5. The summed E-state index contributed by atoms with van der Waals surface area (Å²) in [6.07, 6.45) is 4.04. The molecule has 0 spiro atoms. The number of ether oxygens (including phenoxy) is 1. The number of likely N-dealkylation sites (N-methyl/N-ethyl adjacent to an activating group) is 2. The van der Waals surface area contributed by atoms with Crippen LogP contribution in [0.15, 0.2) is 24.4 Å². The second-order valence-corrected chi connectivity index (χ2v) is 6.89. The van der Waals surface area contributed by atoms with Gasteiger partial charge in [-0.2, -0.15) is 0 Å². The molecule has 2 aromatic rings. The molecule has 9 nitrogen and oxygen atoms in total. The fraction of sp³-hybridized carbons (Fsp3) is 0.478. The van der Waals surface area contributed by atoms with E-state index in [0.29, 0.717) is 0 Å². The summed E-state index contributed by atoms with van der Waals surface area (Å²) in [6, 6.07) is 6.20. The van der Waals surface area contributed by atoms with Gasteiger partial charge in [0.1, 0.15) is 17.7 Å². The Kier molecular flexibility index (Phi) is 15.0. The van der Waals surface area contributed by atoms with Crippen LogP contribution in [0.4, 0.5) is 5.69 Å². The number of nitrogens with one attached hydrogen (secondary N) is 3. The topological polar surface area (TPSA) is 131 Å². The number of anilines is 1. The highest BCUT2D eigenvalue weighted by molar-refractivity contribution is 5.90. The first-order valence-electron chi connectivity index (χ1n) is 10.5. The van der Waals surface area contributed by atoms with Gasteiger partial charge in [-0.05, 0) is 65.0 Å². The number of aromatic nitrogens is 2. The van der Waals surface area contributed by atoms with Crippen LogP contribution in [0.2, 0.25) is 0 Å². The monoisotopic (exact) mass is 446 g/mol. The van der Waals surface area contributed by atoms with E-state index in [-0.39, 0.29) is 11.7 Å². The molecule has 0 bridgehead atoms. The van der Waals surface area contributed by atoms with Crippen LogP contribution in [-0.4, -0.2) is 63.0 Å². The molecule has 1 atom stereocenters. The van der Waals surface area contributed by atoms with Gasteiger partial charge in [-0.1, -0.05) is 6.92 Å². The number of hydrogen-bond donors (Lipinski definition) is 4. The quantitative estimate of drug-likeness (QED) is 0.428. The second kappa shape index (κ2) is 16.6. The second-order valence-electron chi connectivity index (χ2n) is 6.89. The average Bonchev–Trinajstić information content (AvgIpc) is 2.82. The first-order valence-corrected chi connectivity index (χ1v) is 10.5. The third-order valence-corrected chi connectivity index (χ3v) is 4.45. The van der Waals surface area contributed by atoms with Gasteiger partial charge in [0, 0.05) is 18.8 Å². The van der Waals surface area contributed by atoms with Crippen molar-refractivity contribution in [1.29, 1.82) is 0 Å². The van der Waals surface area contributed by atoms with Crippen LogP contribution < -0.4 is 26.4 Å². The Hall–Kier alpha value is -3.04. The zero-order valence-corrected chi connectivity index (χ0v) is 20.3. The first-order chi connectivity index (χ1) is 15.3. The van der Waals surface area contributed by atoms with Crippen LogP contribution in [0.3, 0.4) is 0 Å². The summed E-state index contributed by atoms with van der Waals surface area (Å²) in [5.41, 5.74) is 9.33. The number of hydrogen-bond acceptors (Lipinski definition) is 8. The molecular formula is C23H38N6O3. The lowest BCUT2D eigenvalue weighted by atomic mass is 10.1. The Morgan fingerprint density at radius 1 is 1.25 bits per heavy atom. The molecular weight excluding hydrogens is 408 g/mol. The van der Waals surface area contributed by atoms with E-state index >= 15 is 0 Å². The number of aryl methyl sites for hydroxylation is 2. The Labute approximate surface area is 191 Å². The van der Waals surface area contributed by atoms with E-state index in [1.54, 1.807) is 21.1 Å². The van der Waals surface area contributed by atoms with Gasteiger partial charge in [0.25, 0.3) is 5.91 Å². The van der Waals surface area contributed by atoms with Crippen molar-refractivity contribution in [3.05, 3.63) is 47.0 Å². The van der Waals surface area contributed by atoms with Crippen LogP contribution in [0.5, 0.6) is 5.75 Å². The molecule has 0 aliphatic heterocycles. The van der Waals surface area contributed by atoms with E-state index in [0.717, 1.165) is 48.5 Å². The van der Waals surface area contributed by atoms with E-state index in [1.807, 2.05) is 34.0 Å². The Bertz CT molecular complexity index is 807. The van der Waals surface area contributed by atoms with Crippen LogP contribution in [0, 0.1) is 6.92 Å². The minimum absolute atomic E-state index is 0.00463. The molecule has 0 aliphatic carbocycles. The van der Waals surface area contributed by atoms with Crippen molar-refractivity contribution in [3.63, 3.8) is 0 Å². The molecule has 0 radical (unpaired) electrons. The molecule has 2 rings (SSSR count). The van der Waals surface area contributed by atoms with Crippen LogP contribution in [-0.2, 0) is 17.6 Å². The number of amides is 1. The molecule has 32 heavy (non-hydrogen) atoms. The van der Waals surface area contributed by atoms with Crippen molar-refractivity contribution < 1.29 is 14.3 Å². The number of nitrogens with zero attached hydrogens (tertiary/aromatic N) is 2. The van der Waals surface area contributed by atoms with Gasteiger partial charge >= 0.3 is 0 Å². The normalized spacial score (nSPS) is 10.6. The lowest BCUT2D eigenvalue weighted by Gasteiger charge is -2.08. The molecule has 1 aromatic heterocycles. The number of rotatable bonds is 9. The molecule has 1 amide bonds. The largest absolute Gasteiger partial charge is 0.497 e. The first kappa shape index (κ1) is 29.0. The summed E-state index contributed by atoms with van der Waals surface area (Å²) in [6.45, 7) is 6.60. The highest BCUT2D eigenvalue weighted by Crippen LogP contribution is 2.20. The van der Waals surface area contributed by atoms with E-state index < -0.39 is 5.91 Å². The summed E-state index contributed by atoms with van der Waals surface area (Å²) in [4.78, 5) is 28.4. The lowest BCUT2D eigenvalue weighted by molar-refractivity contribution is -0.109. The smallest absolute Gasteiger partial charge is 0.268 e. The number of carbonyl (C=O) groups is 2. The van der Waals surface area contributed by atoms with Crippen LogP contribution in [0.1, 0.15) is 41.3 Å². The van der Waals surface area contributed by atoms with Crippen molar-refractivity contribution in [2.75, 3.05) is 40.1 Å². The molecule has 9 heteroatoms. The highest BCUT2D eigenvalue weighted by Gasteiger charge is 2.05. The maximum Gasteiger partial charge on any atom is 0.268 e. The van der Waals surface area contributed by atoms with Crippen molar-refractivity contribution in [2.24, 2.45) is 5.73 Å². The summed E-state index contributed by atoms with van der Waals surface area (Å²) in [7, 11) is 7.31. The van der Waals surface area contributed by atoms with Crippen molar-refractivity contribution >= 4 is 17.9 Å². The Balaban J connectivity index is 0.000000487. The minimum Gasteiger partial charge on any atom is -0.497 e. The van der Waals surface area contributed by atoms with E-state index in [9.17, 15) is 9.59 Å². The Morgan fingerprint density at radius 3 is 2.38 bits per heavy atom. The SMILES string of the molecule is CCc1nc(C(N)=O)cnc1C.CNC(C)C=O.CNCCc1cc(NC)cc(OC)c1. The number of aldehydes is 1. The lowest BCUT2D eigenvalue weighted by Crippen LogP contribution is -2.21. The molecule has 1 unspecified atom stereocenters. The fourth-order valence-corrected chi connectivity index (χ4v) is 2.35. The third kappa shape index (κ3) is 11.4. The maximum atomic E-state index is 10.7. The van der Waals surface area contributed by atoms with Crippen molar-refractivity contribution in [2.45, 2.75) is 39.7 Å². The molecule has 0 aliphatic rings. The minimum atomic E-state index is -0.530. The summed E-state index contributed by atoms with van der Waals surface area (Å²) in [5.74, 6) is 0.375. The van der Waals surface area contributed by atoms with E-state index in [2.05, 4.69) is 38.1 Å². The molecule has 0 saturated carbocycles. The van der Waals surface area contributed by atoms with Gasteiger partial charge < -0.3 is 31.2 Å². The fourth-order valence-electron chi connectivity index (χ4n) is 2.35. The van der Waals surface area contributed by atoms with Gasteiger partial charge in [0.15, 0.2) is 0 Å². The molecule has 5 N–H and O–H groups in total. The zero-order valence-electron chi connectivity index (χ0n) is 20.3. The van der Waals surface area contributed by atoms with Crippen molar-refractivity contribution in [1.82, 2.24) is 20.6 Å². The number of methoxy groups -OCH3 is 1. The van der Waals surface area contributed by atoms with E-state index in [4.69, 9.17) is 10.5 Å².